The summed E-state index contributed by atoms with van der Waals surface area (Å²) in [6, 6.07) is 9.70. The van der Waals surface area contributed by atoms with E-state index < -0.39 is 0 Å². The summed E-state index contributed by atoms with van der Waals surface area (Å²) < 4.78 is 2.04. The Morgan fingerprint density at radius 2 is 1.83 bits per heavy atom. The molecule has 2 aliphatic rings. The van der Waals surface area contributed by atoms with Crippen LogP contribution in [0.3, 0.4) is 0 Å². The largest absolute Gasteiger partial charge is 0.350 e. The van der Waals surface area contributed by atoms with Gasteiger partial charge >= 0.3 is 0 Å². The number of fused-ring (bicyclic) bond motifs is 3. The number of benzene rings is 1. The van der Waals surface area contributed by atoms with E-state index in [9.17, 15) is 4.79 Å². The molecular formula is C19H25N3O. The summed E-state index contributed by atoms with van der Waals surface area (Å²) in [5.74, 6) is 0.0782. The fourth-order valence-electron chi connectivity index (χ4n) is 4.52. The highest BCUT2D eigenvalue weighted by atomic mass is 16.1. The van der Waals surface area contributed by atoms with Crippen molar-refractivity contribution in [1.29, 1.82) is 0 Å². The van der Waals surface area contributed by atoms with Gasteiger partial charge in [-0.3, -0.25) is 4.79 Å². The van der Waals surface area contributed by atoms with Crippen molar-refractivity contribution in [1.82, 2.24) is 14.8 Å². The molecule has 2 aromatic rings. The molecule has 2 aliphatic heterocycles. The van der Waals surface area contributed by atoms with E-state index in [-0.39, 0.29) is 5.91 Å². The van der Waals surface area contributed by atoms with Gasteiger partial charge in [-0.05, 0) is 38.8 Å². The minimum absolute atomic E-state index is 0.0782. The van der Waals surface area contributed by atoms with Gasteiger partial charge in [-0.15, -0.1) is 0 Å². The zero-order valence-electron chi connectivity index (χ0n) is 14.0. The minimum Gasteiger partial charge on any atom is -0.350 e. The lowest BCUT2D eigenvalue weighted by atomic mass is 9.82. The smallest absolute Gasteiger partial charge is 0.253 e. The molecule has 2 fully saturated rings. The van der Waals surface area contributed by atoms with Gasteiger partial charge in [-0.25, -0.2) is 0 Å². The van der Waals surface area contributed by atoms with Gasteiger partial charge in [0.15, 0.2) is 0 Å². The lowest BCUT2D eigenvalue weighted by Gasteiger charge is -2.47. The fourth-order valence-corrected chi connectivity index (χ4v) is 4.52. The summed E-state index contributed by atoms with van der Waals surface area (Å²) in [5, 5.41) is 4.35. The number of carbonyl (C=O) groups is 1. The molecular weight excluding hydrogens is 286 g/mol. The van der Waals surface area contributed by atoms with Crippen molar-refractivity contribution in [3.8, 4) is 0 Å². The van der Waals surface area contributed by atoms with E-state index in [1.54, 1.807) is 0 Å². The van der Waals surface area contributed by atoms with Gasteiger partial charge in [0.25, 0.3) is 5.91 Å². The van der Waals surface area contributed by atoms with Crippen molar-refractivity contribution in [2.75, 3.05) is 7.05 Å². The number of rotatable bonds is 2. The molecule has 0 aliphatic carbocycles. The third kappa shape index (κ3) is 2.55. The van der Waals surface area contributed by atoms with Crippen LogP contribution in [0.5, 0.6) is 0 Å². The highest BCUT2D eigenvalue weighted by Crippen LogP contribution is 2.33. The Morgan fingerprint density at radius 1 is 1.13 bits per heavy atom. The Labute approximate surface area is 137 Å². The van der Waals surface area contributed by atoms with E-state index >= 15 is 0 Å². The molecule has 0 radical (unpaired) electrons. The van der Waals surface area contributed by atoms with Crippen LogP contribution < -0.4 is 5.32 Å². The van der Waals surface area contributed by atoms with Gasteiger partial charge in [-0.1, -0.05) is 24.6 Å². The molecule has 0 spiro atoms. The van der Waals surface area contributed by atoms with Crippen molar-refractivity contribution in [3.05, 3.63) is 36.0 Å². The molecule has 2 bridgehead atoms. The quantitative estimate of drug-likeness (QED) is 0.926. The first-order chi connectivity index (χ1) is 11.1. The van der Waals surface area contributed by atoms with Crippen LogP contribution >= 0.6 is 0 Å². The van der Waals surface area contributed by atoms with Crippen LogP contribution in [0.4, 0.5) is 0 Å². The van der Waals surface area contributed by atoms with Gasteiger partial charge < -0.3 is 14.8 Å². The van der Waals surface area contributed by atoms with E-state index in [1.165, 1.54) is 19.3 Å². The predicted molar refractivity (Wildman–Crippen MR) is 92.6 cm³/mol. The van der Waals surface area contributed by atoms with Crippen LogP contribution in [0.25, 0.3) is 10.9 Å². The number of hydrogen-bond acceptors (Lipinski definition) is 2. The molecule has 122 valence electrons. The van der Waals surface area contributed by atoms with Crippen LogP contribution in [0.15, 0.2) is 30.5 Å². The van der Waals surface area contributed by atoms with Crippen molar-refractivity contribution in [2.24, 2.45) is 7.05 Å². The Balaban J connectivity index is 1.54. The summed E-state index contributed by atoms with van der Waals surface area (Å²) in [4.78, 5) is 15.3. The third-order valence-electron chi connectivity index (χ3n) is 5.82. The second-order valence-corrected chi connectivity index (χ2v) is 7.22. The second-order valence-electron chi connectivity index (χ2n) is 7.22. The molecule has 4 nitrogen and oxygen atoms in total. The van der Waals surface area contributed by atoms with Gasteiger partial charge in [0.1, 0.15) is 0 Å². The number of hydrogen-bond donors (Lipinski definition) is 1. The molecule has 4 heteroatoms. The lowest BCUT2D eigenvalue weighted by molar-refractivity contribution is 0.0463. The second kappa shape index (κ2) is 5.68. The van der Waals surface area contributed by atoms with E-state index in [4.69, 9.17) is 0 Å². The zero-order chi connectivity index (χ0) is 16.0. The van der Waals surface area contributed by atoms with Crippen molar-refractivity contribution in [2.45, 2.75) is 50.2 Å². The average molecular weight is 311 g/mol. The molecule has 1 aromatic carbocycles. The maximum absolute atomic E-state index is 12.8. The Morgan fingerprint density at radius 3 is 2.57 bits per heavy atom. The number of para-hydroxylation sites is 1. The van der Waals surface area contributed by atoms with E-state index in [0.29, 0.717) is 18.1 Å². The van der Waals surface area contributed by atoms with Crippen LogP contribution in [0.2, 0.25) is 0 Å². The fraction of sp³-hybridized carbons (Fsp3) is 0.526. The maximum Gasteiger partial charge on any atom is 0.253 e. The van der Waals surface area contributed by atoms with Crippen molar-refractivity contribution < 1.29 is 4.79 Å². The number of amides is 1. The Hall–Kier alpha value is -1.81. The highest BCUT2D eigenvalue weighted by molar-refractivity contribution is 6.07. The zero-order valence-corrected chi connectivity index (χ0v) is 14.0. The van der Waals surface area contributed by atoms with Gasteiger partial charge in [0.2, 0.25) is 0 Å². The summed E-state index contributed by atoms with van der Waals surface area (Å²) in [6.07, 6.45) is 8.01. The molecule has 1 aromatic heterocycles. The molecule has 4 rings (SSSR count). The molecule has 0 saturated carbocycles. The van der Waals surface area contributed by atoms with Crippen LogP contribution in [0.1, 0.15) is 42.5 Å². The van der Waals surface area contributed by atoms with E-state index in [1.807, 2.05) is 36.0 Å². The van der Waals surface area contributed by atoms with Crippen LogP contribution in [-0.2, 0) is 7.05 Å². The number of carbonyl (C=O) groups excluding carboxylic acids is 1. The SMILES string of the molecule is CN1[C@@H]2CCC[C@H]1CC(NC(=O)c1cn(C)c3ccccc13)C2. The number of aryl methyl sites for hydroxylation is 1. The first kappa shape index (κ1) is 14.8. The molecule has 3 atom stereocenters. The number of nitrogens with one attached hydrogen (secondary N) is 1. The summed E-state index contributed by atoms with van der Waals surface area (Å²) in [7, 11) is 4.25. The van der Waals surface area contributed by atoms with Crippen molar-refractivity contribution in [3.63, 3.8) is 0 Å². The predicted octanol–water partition coefficient (Wildman–Crippen LogP) is 2.92. The van der Waals surface area contributed by atoms with Crippen molar-refractivity contribution >= 4 is 16.8 Å². The molecule has 1 unspecified atom stereocenters. The molecule has 3 heterocycles. The number of nitrogens with zero attached hydrogens (tertiary/aromatic N) is 2. The molecule has 2 saturated heterocycles. The first-order valence-electron chi connectivity index (χ1n) is 8.70. The van der Waals surface area contributed by atoms with E-state index in [2.05, 4.69) is 23.3 Å². The Bertz CT molecular complexity index is 721. The average Bonchev–Trinajstić information content (AvgIpc) is 2.86. The molecule has 1 N–H and O–H groups in total. The number of piperidine rings is 2. The standard InChI is InChI=1S/C19H25N3O/c1-21-12-17(16-8-3-4-9-18(16)21)19(23)20-13-10-14-6-5-7-15(11-13)22(14)2/h3-4,8-9,12-15H,5-7,10-11H2,1-2H3,(H,20,23)/t13?,14-,15+. The summed E-state index contributed by atoms with van der Waals surface area (Å²) >= 11 is 0. The summed E-state index contributed by atoms with van der Waals surface area (Å²) in [6.45, 7) is 0. The van der Waals surface area contributed by atoms with Gasteiger partial charge in [0.05, 0.1) is 5.56 Å². The minimum atomic E-state index is 0.0782. The molecule has 23 heavy (non-hydrogen) atoms. The topological polar surface area (TPSA) is 37.3 Å². The van der Waals surface area contributed by atoms with Gasteiger partial charge in [-0.2, -0.15) is 0 Å². The Kier molecular flexibility index (Phi) is 3.64. The molecule has 1 amide bonds. The highest BCUT2D eigenvalue weighted by Gasteiger charge is 2.36. The first-order valence-corrected chi connectivity index (χ1v) is 8.70. The van der Waals surface area contributed by atoms with Crippen LogP contribution in [-0.4, -0.2) is 40.5 Å². The lowest BCUT2D eigenvalue weighted by Crippen LogP contribution is -2.55. The summed E-state index contributed by atoms with van der Waals surface area (Å²) in [5.41, 5.74) is 1.91. The van der Waals surface area contributed by atoms with E-state index in [0.717, 1.165) is 29.3 Å². The van der Waals surface area contributed by atoms with Gasteiger partial charge in [0, 0.05) is 42.3 Å². The monoisotopic (exact) mass is 311 g/mol. The third-order valence-corrected chi connectivity index (χ3v) is 5.82. The normalized spacial score (nSPS) is 28.0. The number of aromatic nitrogens is 1. The van der Waals surface area contributed by atoms with Crippen LogP contribution in [0, 0.1) is 0 Å². The maximum atomic E-state index is 12.8.